The minimum Gasteiger partial charge on any atom is -0.345 e. The molecule has 0 atom stereocenters. The van der Waals surface area contributed by atoms with Crippen molar-refractivity contribution in [2.24, 2.45) is 0 Å². The Kier molecular flexibility index (Phi) is 3.10. The monoisotopic (exact) mass is 336 g/mol. The third-order valence-electron chi connectivity index (χ3n) is 2.87. The normalized spacial score (nSPS) is 10.9. The van der Waals surface area contributed by atoms with Gasteiger partial charge in [0.15, 0.2) is 5.78 Å². The van der Waals surface area contributed by atoms with Crippen LogP contribution in [-0.2, 0) is 0 Å². The number of aromatic amines is 1. The largest absolute Gasteiger partial charge is 0.345 e. The van der Waals surface area contributed by atoms with Crippen LogP contribution >= 0.6 is 15.9 Å². The predicted octanol–water partition coefficient (Wildman–Crippen LogP) is 3.83. The molecule has 2 heterocycles. The van der Waals surface area contributed by atoms with Crippen molar-refractivity contribution in [2.75, 3.05) is 0 Å². The second-order valence-corrected chi connectivity index (χ2v) is 5.15. The number of rotatable bonds is 2. The van der Waals surface area contributed by atoms with Gasteiger partial charge in [-0.2, -0.15) is 0 Å². The first-order valence-electron chi connectivity index (χ1n) is 5.68. The third-order valence-corrected chi connectivity index (χ3v) is 3.30. The molecule has 0 bridgehead atoms. The smallest absolute Gasteiger partial charge is 0.195 e. The van der Waals surface area contributed by atoms with E-state index in [0.717, 1.165) is 18.2 Å². The lowest BCUT2D eigenvalue weighted by molar-refractivity contribution is 0.103. The predicted molar refractivity (Wildman–Crippen MR) is 73.6 cm³/mol. The highest BCUT2D eigenvalue weighted by Crippen LogP contribution is 2.23. The highest BCUT2D eigenvalue weighted by atomic mass is 79.9. The molecule has 6 heteroatoms. The van der Waals surface area contributed by atoms with Gasteiger partial charge >= 0.3 is 0 Å². The highest BCUT2D eigenvalue weighted by molar-refractivity contribution is 9.10. The number of benzene rings is 1. The van der Waals surface area contributed by atoms with Gasteiger partial charge in [-0.1, -0.05) is 0 Å². The molecule has 0 aliphatic rings. The summed E-state index contributed by atoms with van der Waals surface area (Å²) in [6.07, 6.45) is 3.07. The molecule has 2 aromatic heterocycles. The molecule has 1 aromatic carbocycles. The Morgan fingerprint density at radius 1 is 1.15 bits per heavy atom. The van der Waals surface area contributed by atoms with Gasteiger partial charge in [0.05, 0.1) is 0 Å². The average Bonchev–Trinajstić information content (AvgIpc) is 2.79. The molecule has 3 rings (SSSR count). The molecule has 3 nitrogen and oxygen atoms in total. The summed E-state index contributed by atoms with van der Waals surface area (Å²) < 4.78 is 27.1. The van der Waals surface area contributed by atoms with Crippen LogP contribution in [0, 0.1) is 11.6 Å². The molecule has 0 unspecified atom stereocenters. The van der Waals surface area contributed by atoms with Crippen molar-refractivity contribution in [2.45, 2.75) is 0 Å². The number of hydrogen-bond acceptors (Lipinski definition) is 2. The van der Waals surface area contributed by atoms with Gasteiger partial charge in [-0.05, 0) is 34.1 Å². The number of fused-ring (bicyclic) bond motifs is 1. The number of nitrogens with zero attached hydrogens (tertiary/aromatic N) is 1. The van der Waals surface area contributed by atoms with Crippen molar-refractivity contribution < 1.29 is 13.6 Å². The first kappa shape index (κ1) is 12.9. The zero-order valence-electron chi connectivity index (χ0n) is 9.95. The Hall–Kier alpha value is -2.08. The fourth-order valence-electron chi connectivity index (χ4n) is 2.01. The van der Waals surface area contributed by atoms with E-state index >= 15 is 0 Å². The molecule has 20 heavy (non-hydrogen) atoms. The first-order chi connectivity index (χ1) is 9.54. The van der Waals surface area contributed by atoms with E-state index in [4.69, 9.17) is 0 Å². The molecule has 0 aliphatic heterocycles. The van der Waals surface area contributed by atoms with Gasteiger partial charge < -0.3 is 4.98 Å². The Morgan fingerprint density at radius 3 is 2.55 bits per heavy atom. The molecule has 0 fully saturated rings. The lowest BCUT2D eigenvalue weighted by Gasteiger charge is -2.01. The number of ketones is 1. The number of hydrogen-bond donors (Lipinski definition) is 1. The fourth-order valence-corrected chi connectivity index (χ4v) is 2.34. The average molecular weight is 337 g/mol. The molecule has 0 spiro atoms. The summed E-state index contributed by atoms with van der Waals surface area (Å²) in [5.74, 6) is -2.03. The van der Waals surface area contributed by atoms with Gasteiger partial charge in [0.1, 0.15) is 17.3 Å². The van der Waals surface area contributed by atoms with E-state index in [1.54, 1.807) is 12.3 Å². The maximum absolute atomic E-state index is 13.2. The third kappa shape index (κ3) is 2.22. The summed E-state index contributed by atoms with van der Waals surface area (Å²) in [5, 5.41) is 0.592. The molecule has 0 saturated carbocycles. The van der Waals surface area contributed by atoms with Gasteiger partial charge in [-0.15, -0.1) is 0 Å². The fraction of sp³-hybridized carbons (Fsp3) is 0. The van der Waals surface area contributed by atoms with E-state index in [1.165, 1.54) is 6.20 Å². The lowest BCUT2D eigenvalue weighted by atomic mass is 10.0. The van der Waals surface area contributed by atoms with Crippen LogP contribution in [0.15, 0.2) is 41.1 Å². The van der Waals surface area contributed by atoms with E-state index in [0.29, 0.717) is 21.1 Å². The van der Waals surface area contributed by atoms with Gasteiger partial charge in [-0.3, -0.25) is 4.79 Å². The Balaban J connectivity index is 2.15. The first-order valence-corrected chi connectivity index (χ1v) is 6.47. The zero-order chi connectivity index (χ0) is 14.3. The number of aromatic nitrogens is 2. The second kappa shape index (κ2) is 4.79. The second-order valence-electron chi connectivity index (χ2n) is 4.24. The summed E-state index contributed by atoms with van der Waals surface area (Å²) in [6.45, 7) is 0. The van der Waals surface area contributed by atoms with Gasteiger partial charge in [0.25, 0.3) is 0 Å². The molecule has 1 N–H and O–H groups in total. The van der Waals surface area contributed by atoms with Crippen molar-refractivity contribution in [1.29, 1.82) is 0 Å². The van der Waals surface area contributed by atoms with E-state index in [9.17, 15) is 13.6 Å². The number of nitrogens with one attached hydrogen (secondary N) is 1. The van der Waals surface area contributed by atoms with Crippen LogP contribution in [0.5, 0.6) is 0 Å². The Morgan fingerprint density at radius 2 is 1.85 bits per heavy atom. The zero-order valence-corrected chi connectivity index (χ0v) is 11.5. The van der Waals surface area contributed by atoms with Crippen LogP contribution in [0.4, 0.5) is 8.78 Å². The van der Waals surface area contributed by atoms with Crippen LogP contribution in [0.2, 0.25) is 0 Å². The van der Waals surface area contributed by atoms with Gasteiger partial charge in [-0.25, -0.2) is 13.8 Å². The maximum atomic E-state index is 13.2. The summed E-state index contributed by atoms with van der Waals surface area (Å²) in [7, 11) is 0. The minimum atomic E-state index is -0.785. The summed E-state index contributed by atoms with van der Waals surface area (Å²) in [5.41, 5.74) is 0.815. The molecule has 3 aromatic rings. The van der Waals surface area contributed by atoms with E-state index in [1.807, 2.05) is 0 Å². The number of H-pyrrole nitrogens is 1. The summed E-state index contributed by atoms with van der Waals surface area (Å²) in [4.78, 5) is 19.3. The van der Waals surface area contributed by atoms with Gasteiger partial charge in [0.2, 0.25) is 0 Å². The summed E-state index contributed by atoms with van der Waals surface area (Å²) in [6, 6.07) is 4.47. The molecule has 0 radical (unpaired) electrons. The number of carbonyl (C=O) groups excluding carboxylic acids is 1. The van der Waals surface area contributed by atoms with Crippen molar-refractivity contribution in [3.05, 3.63) is 63.9 Å². The van der Waals surface area contributed by atoms with Crippen molar-refractivity contribution in [3.63, 3.8) is 0 Å². The molecular formula is C14H7BrF2N2O. The molecule has 100 valence electrons. The van der Waals surface area contributed by atoms with Crippen LogP contribution in [0.3, 0.4) is 0 Å². The molecular weight excluding hydrogens is 330 g/mol. The van der Waals surface area contributed by atoms with Crippen LogP contribution in [0.25, 0.3) is 11.0 Å². The lowest BCUT2D eigenvalue weighted by Crippen LogP contribution is -2.02. The summed E-state index contributed by atoms with van der Waals surface area (Å²) >= 11 is 3.27. The molecule has 0 saturated heterocycles. The van der Waals surface area contributed by atoms with Crippen LogP contribution in [0.1, 0.15) is 15.9 Å². The Labute approximate surface area is 120 Å². The van der Waals surface area contributed by atoms with Crippen molar-refractivity contribution in [1.82, 2.24) is 9.97 Å². The molecule has 0 amide bonds. The van der Waals surface area contributed by atoms with Crippen molar-refractivity contribution in [3.8, 4) is 0 Å². The topological polar surface area (TPSA) is 45.8 Å². The maximum Gasteiger partial charge on any atom is 0.195 e. The number of halogens is 3. The minimum absolute atomic E-state index is 0.0385. The van der Waals surface area contributed by atoms with Crippen LogP contribution < -0.4 is 0 Å². The van der Waals surface area contributed by atoms with E-state index in [2.05, 4.69) is 25.9 Å². The van der Waals surface area contributed by atoms with E-state index < -0.39 is 17.4 Å². The van der Waals surface area contributed by atoms with Crippen LogP contribution in [-0.4, -0.2) is 15.8 Å². The molecule has 0 aliphatic carbocycles. The number of pyridine rings is 1. The van der Waals surface area contributed by atoms with Gasteiger partial charge in [0, 0.05) is 39.4 Å². The SMILES string of the molecule is O=C(c1cc(F)cc(F)c1)c1c[nH]c2ncc(Br)cc12. The quantitative estimate of drug-likeness (QED) is 0.723. The highest BCUT2D eigenvalue weighted by Gasteiger charge is 2.16. The Bertz CT molecular complexity index is 809. The van der Waals surface area contributed by atoms with E-state index in [-0.39, 0.29) is 5.56 Å². The van der Waals surface area contributed by atoms with Crippen molar-refractivity contribution >= 4 is 32.7 Å². The number of carbonyl (C=O) groups is 1. The standard InChI is InChI=1S/C14H7BrF2N2O/c15-8-3-11-12(6-19-14(11)18-5-8)13(20)7-1-9(16)4-10(17)2-7/h1-6H,(H,18,19).